The van der Waals surface area contributed by atoms with Gasteiger partial charge in [0.05, 0.1) is 0 Å². The lowest BCUT2D eigenvalue weighted by Crippen LogP contribution is -2.35. The summed E-state index contributed by atoms with van der Waals surface area (Å²) in [5, 5.41) is 0. The van der Waals surface area contributed by atoms with Gasteiger partial charge >= 0.3 is 0 Å². The summed E-state index contributed by atoms with van der Waals surface area (Å²) in [5.74, 6) is 1.56. The molecule has 2 unspecified atom stereocenters. The van der Waals surface area contributed by atoms with Crippen molar-refractivity contribution in [3.8, 4) is 0 Å². The van der Waals surface area contributed by atoms with Crippen molar-refractivity contribution in [2.24, 2.45) is 11.8 Å². The van der Waals surface area contributed by atoms with Crippen molar-refractivity contribution in [2.45, 2.75) is 25.7 Å². The smallest absolute Gasteiger partial charge is 0.0200 e. The lowest BCUT2D eigenvalue weighted by molar-refractivity contribution is 0.245. The number of piperidine rings is 1. The number of nitrogens with zero attached hydrogens (tertiary/aromatic N) is 1. The summed E-state index contributed by atoms with van der Waals surface area (Å²) >= 11 is 0. The molecule has 0 radical (unpaired) electrons. The third-order valence-corrected chi connectivity index (χ3v) is 4.10. The van der Waals surface area contributed by atoms with Gasteiger partial charge in [0.25, 0.3) is 0 Å². The monoisotopic (exact) mass is 201 g/mol. The fourth-order valence-electron chi connectivity index (χ4n) is 3.37. The summed E-state index contributed by atoms with van der Waals surface area (Å²) in [6, 6.07) is 0. The van der Waals surface area contributed by atoms with Gasteiger partial charge in [-0.3, -0.25) is 0 Å². The van der Waals surface area contributed by atoms with Crippen LogP contribution in [-0.4, -0.2) is 18.5 Å². The zero-order chi connectivity index (χ0) is 10.3. The molecule has 1 fully saturated rings. The molecule has 1 nitrogen and oxygen atoms in total. The minimum atomic E-state index is 0.710. The van der Waals surface area contributed by atoms with Gasteiger partial charge in [-0.1, -0.05) is 24.3 Å². The van der Waals surface area contributed by atoms with Crippen LogP contribution >= 0.6 is 0 Å². The van der Waals surface area contributed by atoms with Crippen LogP contribution in [0.25, 0.3) is 0 Å². The van der Waals surface area contributed by atoms with Crippen LogP contribution in [0.5, 0.6) is 0 Å². The molecule has 0 amide bonds. The van der Waals surface area contributed by atoms with Crippen LogP contribution in [0.4, 0.5) is 0 Å². The van der Waals surface area contributed by atoms with Crippen molar-refractivity contribution in [3.05, 3.63) is 35.6 Å². The SMILES string of the molecule is CN1CCCC2CCC3C=CC=CC3=C21. The molecule has 2 aliphatic carbocycles. The molecule has 0 spiro atoms. The van der Waals surface area contributed by atoms with E-state index in [2.05, 4.69) is 36.3 Å². The maximum Gasteiger partial charge on any atom is 0.0200 e. The van der Waals surface area contributed by atoms with Gasteiger partial charge in [-0.25, -0.2) is 0 Å². The molecule has 1 heteroatoms. The molecule has 1 heterocycles. The Balaban J connectivity index is 2.04. The molecule has 1 aliphatic heterocycles. The van der Waals surface area contributed by atoms with Crippen LogP contribution in [0.1, 0.15) is 25.7 Å². The van der Waals surface area contributed by atoms with Crippen LogP contribution in [0.2, 0.25) is 0 Å². The minimum Gasteiger partial charge on any atom is -0.377 e. The second-order valence-corrected chi connectivity index (χ2v) is 5.03. The van der Waals surface area contributed by atoms with Gasteiger partial charge < -0.3 is 4.90 Å². The van der Waals surface area contributed by atoms with E-state index in [0.717, 1.165) is 5.92 Å². The number of hydrogen-bond donors (Lipinski definition) is 0. The van der Waals surface area contributed by atoms with Crippen molar-refractivity contribution in [3.63, 3.8) is 0 Å². The first kappa shape index (κ1) is 9.26. The van der Waals surface area contributed by atoms with Crippen LogP contribution in [0.3, 0.4) is 0 Å². The Morgan fingerprint density at radius 3 is 3.07 bits per heavy atom. The lowest BCUT2D eigenvalue weighted by atomic mass is 9.74. The number of rotatable bonds is 0. The molecule has 15 heavy (non-hydrogen) atoms. The highest BCUT2D eigenvalue weighted by atomic mass is 15.1. The molecule has 0 aromatic rings. The Morgan fingerprint density at radius 2 is 2.13 bits per heavy atom. The zero-order valence-corrected chi connectivity index (χ0v) is 9.45. The van der Waals surface area contributed by atoms with Gasteiger partial charge in [0, 0.05) is 25.2 Å². The Morgan fingerprint density at radius 1 is 1.20 bits per heavy atom. The normalized spacial score (nSPS) is 34.1. The molecule has 0 bridgehead atoms. The highest BCUT2D eigenvalue weighted by Gasteiger charge is 2.32. The van der Waals surface area contributed by atoms with Crippen molar-refractivity contribution in [1.29, 1.82) is 0 Å². The molecule has 2 atom stereocenters. The van der Waals surface area contributed by atoms with E-state index in [9.17, 15) is 0 Å². The lowest BCUT2D eigenvalue weighted by Gasteiger charge is -2.41. The molecule has 80 valence electrons. The Kier molecular flexibility index (Phi) is 2.19. The Hall–Kier alpha value is -0.980. The minimum absolute atomic E-state index is 0.710. The van der Waals surface area contributed by atoms with E-state index in [1.807, 2.05) is 0 Å². The Bertz CT molecular complexity index is 348. The zero-order valence-electron chi connectivity index (χ0n) is 9.45. The van der Waals surface area contributed by atoms with E-state index in [1.165, 1.54) is 32.2 Å². The predicted octanol–water partition coefficient (Wildman–Crippen LogP) is 3.12. The summed E-state index contributed by atoms with van der Waals surface area (Å²) in [7, 11) is 2.27. The largest absolute Gasteiger partial charge is 0.377 e. The second kappa shape index (κ2) is 3.55. The second-order valence-electron chi connectivity index (χ2n) is 5.03. The van der Waals surface area contributed by atoms with Gasteiger partial charge in [0.2, 0.25) is 0 Å². The summed E-state index contributed by atoms with van der Waals surface area (Å²) in [4.78, 5) is 2.50. The predicted molar refractivity (Wildman–Crippen MR) is 63.4 cm³/mol. The average molecular weight is 201 g/mol. The summed E-state index contributed by atoms with van der Waals surface area (Å²) < 4.78 is 0. The first-order chi connectivity index (χ1) is 7.36. The topological polar surface area (TPSA) is 3.24 Å². The summed E-state index contributed by atoms with van der Waals surface area (Å²) in [6.07, 6.45) is 14.7. The van der Waals surface area contributed by atoms with Crippen molar-refractivity contribution < 1.29 is 0 Å². The maximum atomic E-state index is 2.50. The van der Waals surface area contributed by atoms with E-state index in [0.29, 0.717) is 5.92 Å². The molecule has 1 saturated heterocycles. The van der Waals surface area contributed by atoms with Crippen molar-refractivity contribution >= 4 is 0 Å². The third kappa shape index (κ3) is 1.45. The third-order valence-electron chi connectivity index (χ3n) is 4.10. The number of likely N-dealkylation sites (tertiary alicyclic amines) is 1. The van der Waals surface area contributed by atoms with Gasteiger partial charge in [-0.15, -0.1) is 0 Å². The van der Waals surface area contributed by atoms with Crippen LogP contribution in [0, 0.1) is 11.8 Å². The van der Waals surface area contributed by atoms with E-state index in [-0.39, 0.29) is 0 Å². The van der Waals surface area contributed by atoms with Crippen molar-refractivity contribution in [1.82, 2.24) is 4.90 Å². The fraction of sp³-hybridized carbons (Fsp3) is 0.571. The van der Waals surface area contributed by atoms with Gasteiger partial charge in [-0.2, -0.15) is 0 Å². The standard InChI is InChI=1S/C14H19N/c1-15-10-4-6-12-9-8-11-5-2-3-7-13(11)14(12)15/h2-3,5,7,11-12H,4,6,8-10H2,1H3. The van der Waals surface area contributed by atoms with E-state index in [1.54, 1.807) is 11.3 Å². The van der Waals surface area contributed by atoms with Crippen molar-refractivity contribution in [2.75, 3.05) is 13.6 Å². The molecular formula is C14H19N. The maximum absolute atomic E-state index is 2.50. The van der Waals surface area contributed by atoms with Gasteiger partial charge in [0.15, 0.2) is 0 Å². The van der Waals surface area contributed by atoms with E-state index < -0.39 is 0 Å². The van der Waals surface area contributed by atoms with E-state index in [4.69, 9.17) is 0 Å². The Labute approximate surface area is 92.2 Å². The van der Waals surface area contributed by atoms with Crippen LogP contribution in [0.15, 0.2) is 35.6 Å². The van der Waals surface area contributed by atoms with Gasteiger partial charge in [0.1, 0.15) is 0 Å². The quantitative estimate of drug-likeness (QED) is 0.582. The van der Waals surface area contributed by atoms with Crippen LogP contribution in [-0.2, 0) is 0 Å². The number of hydrogen-bond acceptors (Lipinski definition) is 1. The summed E-state index contributed by atoms with van der Waals surface area (Å²) in [5.41, 5.74) is 3.26. The highest BCUT2D eigenvalue weighted by Crippen LogP contribution is 2.42. The van der Waals surface area contributed by atoms with Crippen LogP contribution < -0.4 is 0 Å². The first-order valence-corrected chi connectivity index (χ1v) is 6.16. The number of fused-ring (bicyclic) bond motifs is 2. The molecule has 3 aliphatic rings. The molecule has 0 N–H and O–H groups in total. The average Bonchev–Trinajstić information content (AvgIpc) is 2.29. The van der Waals surface area contributed by atoms with E-state index >= 15 is 0 Å². The van der Waals surface area contributed by atoms with Gasteiger partial charge in [-0.05, 0) is 37.2 Å². The molecule has 0 saturated carbocycles. The molecule has 3 rings (SSSR count). The first-order valence-electron chi connectivity index (χ1n) is 6.16. The summed E-state index contributed by atoms with van der Waals surface area (Å²) in [6.45, 7) is 1.25. The molecule has 0 aromatic heterocycles. The number of allylic oxidation sites excluding steroid dienone is 6. The molecule has 0 aromatic carbocycles. The fourth-order valence-corrected chi connectivity index (χ4v) is 3.37. The molecular weight excluding hydrogens is 182 g/mol. The highest BCUT2D eigenvalue weighted by molar-refractivity contribution is 5.39.